The quantitative estimate of drug-likeness (QED) is 0.752. The molecule has 0 saturated heterocycles. The molecule has 0 spiro atoms. The van der Waals surface area contributed by atoms with E-state index in [9.17, 15) is 9.59 Å². The summed E-state index contributed by atoms with van der Waals surface area (Å²) in [4.78, 5) is 24.1. The summed E-state index contributed by atoms with van der Waals surface area (Å²) >= 11 is 0. The molecule has 0 radical (unpaired) electrons. The summed E-state index contributed by atoms with van der Waals surface area (Å²) in [7, 11) is 0. The lowest BCUT2D eigenvalue weighted by atomic mass is 10.1. The number of ether oxygens (including phenoxy) is 1. The molecular formula is C16H24N2O4. The highest BCUT2D eigenvalue weighted by molar-refractivity contribution is 5.96. The van der Waals surface area contributed by atoms with Crippen molar-refractivity contribution in [2.45, 2.75) is 45.3 Å². The first kappa shape index (κ1) is 18.0. The van der Waals surface area contributed by atoms with Crippen LogP contribution in [0.3, 0.4) is 0 Å². The first-order chi connectivity index (χ1) is 10.3. The molecule has 0 aliphatic rings. The summed E-state index contributed by atoms with van der Waals surface area (Å²) in [6.45, 7) is 5.20. The minimum Gasteiger partial charge on any atom is -0.444 e. The number of aliphatic hydroxyl groups is 1. The number of anilines is 1. The van der Waals surface area contributed by atoms with Crippen molar-refractivity contribution in [3.63, 3.8) is 0 Å². The topological polar surface area (TPSA) is 87.7 Å². The Morgan fingerprint density at radius 2 is 1.86 bits per heavy atom. The van der Waals surface area contributed by atoms with Gasteiger partial charge in [0, 0.05) is 12.3 Å². The highest BCUT2D eigenvalue weighted by atomic mass is 16.6. The van der Waals surface area contributed by atoms with Crippen LogP contribution in [0.15, 0.2) is 30.3 Å². The Morgan fingerprint density at radius 1 is 1.23 bits per heavy atom. The lowest BCUT2D eigenvalue weighted by Crippen LogP contribution is -2.45. The number of aliphatic hydroxyl groups excluding tert-OH is 1. The second-order valence-corrected chi connectivity index (χ2v) is 5.92. The van der Waals surface area contributed by atoms with Crippen molar-refractivity contribution in [2.75, 3.05) is 11.9 Å². The van der Waals surface area contributed by atoms with Gasteiger partial charge in [0.05, 0.1) is 0 Å². The third-order valence-corrected chi connectivity index (χ3v) is 2.70. The third kappa shape index (κ3) is 7.08. The van der Waals surface area contributed by atoms with Crippen LogP contribution in [0.4, 0.5) is 10.5 Å². The zero-order valence-corrected chi connectivity index (χ0v) is 13.3. The molecular weight excluding hydrogens is 284 g/mol. The molecule has 0 fully saturated rings. The van der Waals surface area contributed by atoms with Crippen LogP contribution in [-0.4, -0.2) is 35.4 Å². The summed E-state index contributed by atoms with van der Waals surface area (Å²) in [5.74, 6) is -0.342. The van der Waals surface area contributed by atoms with E-state index < -0.39 is 17.7 Å². The molecule has 3 N–H and O–H groups in total. The van der Waals surface area contributed by atoms with Crippen LogP contribution in [0.1, 0.15) is 33.6 Å². The second kappa shape index (κ2) is 8.38. The molecule has 1 atom stereocenters. The zero-order chi connectivity index (χ0) is 16.6. The van der Waals surface area contributed by atoms with Gasteiger partial charge >= 0.3 is 6.09 Å². The standard InChI is InChI=1S/C16H24N2O4/c1-16(2,3)22-15(21)18-13(10-7-11-19)14(20)17-12-8-5-4-6-9-12/h4-6,8-9,13,19H,7,10-11H2,1-3H3,(H,17,20)(H,18,21)/t13-/m1/s1. The van der Waals surface area contributed by atoms with Gasteiger partial charge in [-0.2, -0.15) is 0 Å². The van der Waals surface area contributed by atoms with Crippen LogP contribution in [0.2, 0.25) is 0 Å². The van der Waals surface area contributed by atoms with E-state index in [1.807, 2.05) is 6.07 Å². The zero-order valence-electron chi connectivity index (χ0n) is 13.3. The van der Waals surface area contributed by atoms with E-state index in [2.05, 4.69) is 10.6 Å². The summed E-state index contributed by atoms with van der Waals surface area (Å²) in [6, 6.07) is 8.21. The molecule has 1 rings (SSSR count). The molecule has 22 heavy (non-hydrogen) atoms. The molecule has 1 aromatic rings. The number of amides is 2. The van der Waals surface area contributed by atoms with Crippen molar-refractivity contribution in [1.82, 2.24) is 5.32 Å². The molecule has 122 valence electrons. The minimum atomic E-state index is -0.762. The van der Waals surface area contributed by atoms with Crippen LogP contribution in [0, 0.1) is 0 Å². The van der Waals surface area contributed by atoms with E-state index in [1.54, 1.807) is 45.0 Å². The molecule has 6 nitrogen and oxygen atoms in total. The number of rotatable bonds is 6. The van der Waals surface area contributed by atoms with Gasteiger partial charge in [-0.15, -0.1) is 0 Å². The highest BCUT2D eigenvalue weighted by Gasteiger charge is 2.24. The molecule has 0 saturated carbocycles. The van der Waals surface area contributed by atoms with Crippen molar-refractivity contribution in [1.29, 1.82) is 0 Å². The van der Waals surface area contributed by atoms with Crippen molar-refractivity contribution < 1.29 is 19.4 Å². The van der Waals surface area contributed by atoms with Gasteiger partial charge in [0.15, 0.2) is 0 Å². The number of para-hydroxylation sites is 1. The maximum atomic E-state index is 12.3. The molecule has 0 bridgehead atoms. The fourth-order valence-corrected chi connectivity index (χ4v) is 1.76. The predicted octanol–water partition coefficient (Wildman–Crippen LogP) is 2.29. The maximum Gasteiger partial charge on any atom is 0.408 e. The van der Waals surface area contributed by atoms with Crippen molar-refractivity contribution in [3.8, 4) is 0 Å². The van der Waals surface area contributed by atoms with Gasteiger partial charge in [-0.1, -0.05) is 18.2 Å². The lowest BCUT2D eigenvalue weighted by molar-refractivity contribution is -0.118. The molecule has 0 heterocycles. The SMILES string of the molecule is CC(C)(C)OC(=O)N[C@H](CCCO)C(=O)Nc1ccccc1. The Morgan fingerprint density at radius 3 is 2.41 bits per heavy atom. The first-order valence-electron chi connectivity index (χ1n) is 7.28. The average Bonchev–Trinajstić information content (AvgIpc) is 2.42. The van der Waals surface area contributed by atoms with Gasteiger partial charge in [0.1, 0.15) is 11.6 Å². The average molecular weight is 308 g/mol. The third-order valence-electron chi connectivity index (χ3n) is 2.70. The van der Waals surface area contributed by atoms with Gasteiger partial charge in [-0.05, 0) is 45.7 Å². The normalized spacial score (nSPS) is 12.4. The van der Waals surface area contributed by atoms with Crippen LogP contribution >= 0.6 is 0 Å². The fourth-order valence-electron chi connectivity index (χ4n) is 1.76. The van der Waals surface area contributed by atoms with E-state index in [0.29, 0.717) is 18.5 Å². The Hall–Kier alpha value is -2.08. The molecule has 6 heteroatoms. The van der Waals surface area contributed by atoms with E-state index >= 15 is 0 Å². The minimum absolute atomic E-state index is 0.0505. The first-order valence-corrected chi connectivity index (χ1v) is 7.28. The summed E-state index contributed by atoms with van der Waals surface area (Å²) in [5.41, 5.74) is 0.00844. The van der Waals surface area contributed by atoms with Gasteiger partial charge in [0.2, 0.25) is 5.91 Å². The van der Waals surface area contributed by atoms with E-state index in [-0.39, 0.29) is 12.5 Å². The lowest BCUT2D eigenvalue weighted by Gasteiger charge is -2.23. The molecule has 1 aromatic carbocycles. The largest absolute Gasteiger partial charge is 0.444 e. The van der Waals surface area contributed by atoms with Crippen LogP contribution in [0.25, 0.3) is 0 Å². The van der Waals surface area contributed by atoms with E-state index in [4.69, 9.17) is 9.84 Å². The van der Waals surface area contributed by atoms with E-state index in [0.717, 1.165) is 0 Å². The van der Waals surface area contributed by atoms with Crippen molar-refractivity contribution in [3.05, 3.63) is 30.3 Å². The maximum absolute atomic E-state index is 12.3. The van der Waals surface area contributed by atoms with Gasteiger partial charge in [-0.3, -0.25) is 4.79 Å². The number of hydrogen-bond donors (Lipinski definition) is 3. The Bertz CT molecular complexity index is 483. The van der Waals surface area contributed by atoms with Crippen molar-refractivity contribution >= 4 is 17.7 Å². The second-order valence-electron chi connectivity index (χ2n) is 5.92. The monoisotopic (exact) mass is 308 g/mol. The molecule has 0 aliphatic carbocycles. The van der Waals surface area contributed by atoms with Gasteiger partial charge in [-0.25, -0.2) is 4.79 Å². The van der Waals surface area contributed by atoms with E-state index in [1.165, 1.54) is 0 Å². The Kier molecular flexibility index (Phi) is 6.85. The van der Waals surface area contributed by atoms with Crippen LogP contribution in [0.5, 0.6) is 0 Å². The Balaban J connectivity index is 2.66. The summed E-state index contributed by atoms with van der Waals surface area (Å²) in [5, 5.41) is 14.2. The number of benzene rings is 1. The number of carbonyl (C=O) groups excluding carboxylic acids is 2. The van der Waals surface area contributed by atoms with Gasteiger partial charge in [0.25, 0.3) is 0 Å². The van der Waals surface area contributed by atoms with Gasteiger partial charge < -0.3 is 20.5 Å². The fraction of sp³-hybridized carbons (Fsp3) is 0.500. The smallest absolute Gasteiger partial charge is 0.408 e. The molecule has 2 amide bonds. The Labute approximate surface area is 130 Å². The predicted molar refractivity (Wildman–Crippen MR) is 84.5 cm³/mol. The number of alkyl carbamates (subject to hydrolysis) is 1. The molecule has 0 aromatic heterocycles. The summed E-state index contributed by atoms with van der Waals surface area (Å²) in [6.07, 6.45) is 0.0792. The van der Waals surface area contributed by atoms with Crippen LogP contribution < -0.4 is 10.6 Å². The number of carbonyl (C=O) groups is 2. The molecule has 0 aliphatic heterocycles. The number of nitrogens with one attached hydrogen (secondary N) is 2. The summed E-state index contributed by atoms with van der Waals surface area (Å²) < 4.78 is 5.16. The molecule has 0 unspecified atom stereocenters. The number of hydrogen-bond acceptors (Lipinski definition) is 4. The van der Waals surface area contributed by atoms with Crippen LogP contribution in [-0.2, 0) is 9.53 Å². The van der Waals surface area contributed by atoms with Crippen molar-refractivity contribution in [2.24, 2.45) is 0 Å². The highest BCUT2D eigenvalue weighted by Crippen LogP contribution is 2.10.